The smallest absolute Gasteiger partial charge is 0.339 e. The van der Waals surface area contributed by atoms with Gasteiger partial charge in [-0.15, -0.1) is 0 Å². The number of aromatic nitrogens is 1. The van der Waals surface area contributed by atoms with Crippen molar-refractivity contribution in [2.24, 2.45) is 0 Å². The SMILES string of the molecule is CCc1[nH]c(C(=O)NCCc2ccc(Cl)cc2)c(C)c1C(=O)OC. The van der Waals surface area contributed by atoms with Crippen LogP contribution in [0.15, 0.2) is 24.3 Å². The summed E-state index contributed by atoms with van der Waals surface area (Å²) in [4.78, 5) is 27.3. The van der Waals surface area contributed by atoms with Gasteiger partial charge in [0.25, 0.3) is 5.91 Å². The van der Waals surface area contributed by atoms with Crippen molar-refractivity contribution in [3.63, 3.8) is 0 Å². The predicted molar refractivity (Wildman–Crippen MR) is 93.7 cm³/mol. The van der Waals surface area contributed by atoms with Crippen LogP contribution in [0.25, 0.3) is 0 Å². The second-order valence-electron chi connectivity index (χ2n) is 5.46. The maximum absolute atomic E-state index is 12.4. The van der Waals surface area contributed by atoms with Crippen molar-refractivity contribution >= 4 is 23.5 Å². The Hall–Kier alpha value is -2.27. The van der Waals surface area contributed by atoms with Crippen LogP contribution in [0.5, 0.6) is 0 Å². The first-order chi connectivity index (χ1) is 11.5. The number of carbonyl (C=O) groups excluding carboxylic acids is 2. The molecule has 128 valence electrons. The van der Waals surface area contributed by atoms with Crippen molar-refractivity contribution in [3.05, 3.63) is 57.4 Å². The number of esters is 1. The molecule has 2 aromatic rings. The molecule has 0 atom stereocenters. The van der Waals surface area contributed by atoms with Crippen molar-refractivity contribution in [2.75, 3.05) is 13.7 Å². The number of aryl methyl sites for hydroxylation is 1. The first-order valence-electron chi connectivity index (χ1n) is 7.80. The molecule has 6 heteroatoms. The van der Waals surface area contributed by atoms with E-state index in [1.165, 1.54) is 7.11 Å². The van der Waals surface area contributed by atoms with Crippen LogP contribution in [-0.4, -0.2) is 30.5 Å². The van der Waals surface area contributed by atoms with Crippen molar-refractivity contribution in [2.45, 2.75) is 26.7 Å². The van der Waals surface area contributed by atoms with E-state index in [1.54, 1.807) is 6.92 Å². The fourth-order valence-electron chi connectivity index (χ4n) is 2.59. The number of hydrogen-bond acceptors (Lipinski definition) is 3. The summed E-state index contributed by atoms with van der Waals surface area (Å²) in [6.45, 7) is 4.16. The molecule has 0 fully saturated rings. The highest BCUT2D eigenvalue weighted by molar-refractivity contribution is 6.30. The predicted octanol–water partition coefficient (Wildman–Crippen LogP) is 3.30. The zero-order valence-electron chi connectivity index (χ0n) is 14.0. The molecule has 0 radical (unpaired) electrons. The van der Waals surface area contributed by atoms with E-state index < -0.39 is 5.97 Å². The molecule has 5 nitrogen and oxygen atoms in total. The Kier molecular flexibility index (Phi) is 6.04. The number of methoxy groups -OCH3 is 1. The minimum atomic E-state index is -0.430. The molecular formula is C18H21ClN2O3. The van der Waals surface area contributed by atoms with Gasteiger partial charge in [-0.25, -0.2) is 4.79 Å². The average Bonchev–Trinajstić information content (AvgIpc) is 2.92. The number of ether oxygens (including phenoxy) is 1. The van der Waals surface area contributed by atoms with Gasteiger partial charge in [-0.3, -0.25) is 4.79 Å². The number of hydrogen-bond donors (Lipinski definition) is 2. The molecule has 1 heterocycles. The van der Waals surface area contributed by atoms with Crippen molar-refractivity contribution in [1.82, 2.24) is 10.3 Å². The summed E-state index contributed by atoms with van der Waals surface area (Å²) in [5.74, 6) is -0.660. The van der Waals surface area contributed by atoms with Gasteiger partial charge < -0.3 is 15.0 Å². The summed E-state index contributed by atoms with van der Waals surface area (Å²) in [7, 11) is 1.33. The Labute approximate surface area is 146 Å². The van der Waals surface area contributed by atoms with Crippen LogP contribution >= 0.6 is 11.6 Å². The highest BCUT2D eigenvalue weighted by Crippen LogP contribution is 2.20. The van der Waals surface area contributed by atoms with Crippen LogP contribution in [0.1, 0.15) is 44.6 Å². The molecule has 0 aliphatic rings. The number of H-pyrrole nitrogens is 1. The second kappa shape index (κ2) is 8.02. The summed E-state index contributed by atoms with van der Waals surface area (Å²) in [5, 5.41) is 3.56. The van der Waals surface area contributed by atoms with E-state index in [4.69, 9.17) is 16.3 Å². The number of carbonyl (C=O) groups is 2. The standard InChI is InChI=1S/C18H21ClN2O3/c1-4-14-15(18(23)24-3)11(2)16(21-14)17(22)20-10-9-12-5-7-13(19)8-6-12/h5-8,21H,4,9-10H2,1-3H3,(H,20,22). The molecule has 1 aromatic heterocycles. The maximum atomic E-state index is 12.4. The molecule has 2 N–H and O–H groups in total. The highest BCUT2D eigenvalue weighted by Gasteiger charge is 2.23. The van der Waals surface area contributed by atoms with Crippen LogP contribution in [0.2, 0.25) is 5.02 Å². The molecule has 0 saturated heterocycles. The average molecular weight is 349 g/mol. The van der Waals surface area contributed by atoms with Crippen LogP contribution in [-0.2, 0) is 17.6 Å². The number of amides is 1. The van der Waals surface area contributed by atoms with Crippen molar-refractivity contribution < 1.29 is 14.3 Å². The molecule has 0 spiro atoms. The van der Waals surface area contributed by atoms with Gasteiger partial charge in [0.15, 0.2) is 0 Å². The van der Waals surface area contributed by atoms with Gasteiger partial charge in [-0.05, 0) is 43.0 Å². The van der Waals surface area contributed by atoms with E-state index in [0.717, 1.165) is 5.56 Å². The van der Waals surface area contributed by atoms with Crippen LogP contribution < -0.4 is 5.32 Å². The van der Waals surface area contributed by atoms with Gasteiger partial charge in [-0.2, -0.15) is 0 Å². The zero-order valence-corrected chi connectivity index (χ0v) is 14.8. The van der Waals surface area contributed by atoms with Crippen LogP contribution in [0, 0.1) is 6.92 Å². The Morgan fingerprint density at radius 3 is 2.50 bits per heavy atom. The number of rotatable bonds is 6. The largest absolute Gasteiger partial charge is 0.465 e. The molecule has 2 rings (SSSR count). The van der Waals surface area contributed by atoms with Gasteiger partial charge in [0.1, 0.15) is 5.69 Å². The first kappa shape index (κ1) is 18.1. The second-order valence-corrected chi connectivity index (χ2v) is 5.89. The Morgan fingerprint density at radius 2 is 1.92 bits per heavy atom. The van der Waals surface area contributed by atoms with E-state index >= 15 is 0 Å². The minimum Gasteiger partial charge on any atom is -0.465 e. The lowest BCUT2D eigenvalue weighted by atomic mass is 10.1. The summed E-state index contributed by atoms with van der Waals surface area (Å²) >= 11 is 5.85. The van der Waals surface area contributed by atoms with Crippen LogP contribution in [0.3, 0.4) is 0 Å². The molecule has 24 heavy (non-hydrogen) atoms. The molecule has 1 aromatic carbocycles. The van der Waals surface area contributed by atoms with Gasteiger partial charge in [-0.1, -0.05) is 30.7 Å². The zero-order chi connectivity index (χ0) is 17.7. The molecule has 0 bridgehead atoms. The van der Waals surface area contributed by atoms with Crippen molar-refractivity contribution in [1.29, 1.82) is 0 Å². The molecule has 0 saturated carbocycles. The van der Waals surface area contributed by atoms with Gasteiger partial charge in [0.2, 0.25) is 0 Å². The Morgan fingerprint density at radius 1 is 1.25 bits per heavy atom. The third-order valence-electron chi connectivity index (χ3n) is 3.91. The fraction of sp³-hybridized carbons (Fsp3) is 0.333. The summed E-state index contributed by atoms with van der Waals surface area (Å²) < 4.78 is 4.80. The molecule has 1 amide bonds. The minimum absolute atomic E-state index is 0.230. The number of aromatic amines is 1. The van der Waals surface area contributed by atoms with E-state index in [0.29, 0.717) is 46.9 Å². The Bertz CT molecular complexity index is 735. The molecule has 0 unspecified atom stereocenters. The van der Waals surface area contributed by atoms with Gasteiger partial charge in [0.05, 0.1) is 12.7 Å². The topological polar surface area (TPSA) is 71.2 Å². The Balaban J connectivity index is 2.05. The van der Waals surface area contributed by atoms with E-state index in [-0.39, 0.29) is 5.91 Å². The maximum Gasteiger partial charge on any atom is 0.339 e. The summed E-state index contributed by atoms with van der Waals surface area (Å²) in [6, 6.07) is 7.51. The lowest BCUT2D eigenvalue weighted by Crippen LogP contribution is -2.26. The summed E-state index contributed by atoms with van der Waals surface area (Å²) in [6.07, 6.45) is 1.32. The highest BCUT2D eigenvalue weighted by atomic mass is 35.5. The van der Waals surface area contributed by atoms with E-state index in [2.05, 4.69) is 10.3 Å². The number of halogens is 1. The lowest BCUT2D eigenvalue weighted by molar-refractivity contribution is 0.0599. The van der Waals surface area contributed by atoms with E-state index in [9.17, 15) is 9.59 Å². The number of benzene rings is 1. The lowest BCUT2D eigenvalue weighted by Gasteiger charge is -2.05. The molecular weight excluding hydrogens is 328 g/mol. The first-order valence-corrected chi connectivity index (χ1v) is 8.18. The quantitative estimate of drug-likeness (QED) is 0.787. The van der Waals surface area contributed by atoms with Crippen molar-refractivity contribution in [3.8, 4) is 0 Å². The summed E-state index contributed by atoms with van der Waals surface area (Å²) in [5.41, 5.74) is 3.27. The number of nitrogens with one attached hydrogen (secondary N) is 2. The monoisotopic (exact) mass is 348 g/mol. The van der Waals surface area contributed by atoms with Gasteiger partial charge in [0, 0.05) is 17.3 Å². The third-order valence-corrected chi connectivity index (χ3v) is 4.16. The third kappa shape index (κ3) is 3.97. The normalized spacial score (nSPS) is 10.5. The fourth-order valence-corrected chi connectivity index (χ4v) is 2.71. The van der Waals surface area contributed by atoms with E-state index in [1.807, 2.05) is 31.2 Å². The van der Waals surface area contributed by atoms with Crippen LogP contribution in [0.4, 0.5) is 0 Å². The molecule has 0 aliphatic heterocycles. The van der Waals surface area contributed by atoms with Gasteiger partial charge >= 0.3 is 5.97 Å². The molecule has 0 aliphatic carbocycles.